The Hall–Kier alpha value is -2.54. The van der Waals surface area contributed by atoms with Crippen molar-refractivity contribution in [2.75, 3.05) is 18.5 Å². The summed E-state index contributed by atoms with van der Waals surface area (Å²) < 4.78 is 37.9. The van der Waals surface area contributed by atoms with E-state index >= 15 is 0 Å². The number of carbonyl (C=O) groups is 1. The lowest BCUT2D eigenvalue weighted by Gasteiger charge is -2.22. The molecule has 1 aliphatic carbocycles. The minimum Gasteiger partial charge on any atom is -0.495 e. The Bertz CT molecular complexity index is 918. The predicted molar refractivity (Wildman–Crippen MR) is 107 cm³/mol. The van der Waals surface area contributed by atoms with Crippen LogP contribution in [-0.4, -0.2) is 34.6 Å². The molecule has 1 fully saturated rings. The zero-order valence-electron chi connectivity index (χ0n) is 16.1. The van der Waals surface area contributed by atoms with Crippen molar-refractivity contribution in [2.45, 2.75) is 43.1 Å². The first-order valence-electron chi connectivity index (χ1n) is 9.36. The van der Waals surface area contributed by atoms with E-state index in [1.165, 1.54) is 49.1 Å². The van der Waals surface area contributed by atoms with E-state index in [9.17, 15) is 13.2 Å². The molecule has 0 radical (unpaired) electrons. The van der Waals surface area contributed by atoms with Crippen LogP contribution in [0.2, 0.25) is 0 Å². The van der Waals surface area contributed by atoms with Crippen LogP contribution >= 0.6 is 0 Å². The summed E-state index contributed by atoms with van der Waals surface area (Å²) in [4.78, 5) is 12.4. The van der Waals surface area contributed by atoms with Crippen LogP contribution in [0.15, 0.2) is 53.4 Å². The van der Waals surface area contributed by atoms with E-state index in [4.69, 9.17) is 9.47 Å². The number of ether oxygens (including phenoxy) is 2. The van der Waals surface area contributed by atoms with Gasteiger partial charge in [-0.15, -0.1) is 0 Å². The van der Waals surface area contributed by atoms with Gasteiger partial charge < -0.3 is 9.47 Å². The Morgan fingerprint density at radius 2 is 1.64 bits per heavy atom. The maximum atomic E-state index is 13.0. The van der Waals surface area contributed by atoms with Gasteiger partial charge in [0.15, 0.2) is 0 Å². The lowest BCUT2D eigenvalue weighted by molar-refractivity contribution is 0.0211. The predicted octanol–water partition coefficient (Wildman–Crippen LogP) is 4.01. The van der Waals surface area contributed by atoms with Gasteiger partial charge >= 0.3 is 5.97 Å². The van der Waals surface area contributed by atoms with Gasteiger partial charge in [0.05, 0.1) is 23.3 Å². The molecule has 7 heteroatoms. The average molecular weight is 404 g/mol. The zero-order valence-corrected chi connectivity index (χ0v) is 16.9. The molecule has 0 saturated heterocycles. The highest BCUT2D eigenvalue weighted by molar-refractivity contribution is 7.92. The van der Waals surface area contributed by atoms with E-state index in [1.807, 2.05) is 0 Å². The summed E-state index contributed by atoms with van der Waals surface area (Å²) >= 11 is 0. The minimum atomic E-state index is -3.79. The van der Waals surface area contributed by atoms with Crippen molar-refractivity contribution in [1.29, 1.82) is 0 Å². The summed E-state index contributed by atoms with van der Waals surface area (Å²) in [5.74, 6) is 0.0511. The number of carbonyl (C=O) groups excluding carboxylic acids is 1. The van der Waals surface area contributed by atoms with Crippen molar-refractivity contribution >= 4 is 21.7 Å². The smallest absolute Gasteiger partial charge is 0.338 e. The molecule has 0 spiro atoms. The second-order valence-electron chi connectivity index (χ2n) is 6.83. The molecule has 0 N–H and O–H groups in total. The van der Waals surface area contributed by atoms with Crippen LogP contribution in [0.3, 0.4) is 0 Å². The lowest BCUT2D eigenvalue weighted by atomic mass is 9.98. The van der Waals surface area contributed by atoms with E-state index in [0.717, 1.165) is 25.7 Å². The number of nitrogens with zero attached hydrogens (tertiary/aromatic N) is 1. The van der Waals surface area contributed by atoms with E-state index < -0.39 is 16.0 Å². The lowest BCUT2D eigenvalue weighted by Crippen LogP contribution is -2.27. The van der Waals surface area contributed by atoms with Crippen LogP contribution in [0.4, 0.5) is 5.69 Å². The first-order chi connectivity index (χ1) is 13.4. The molecule has 3 rings (SSSR count). The maximum absolute atomic E-state index is 13.0. The molecule has 6 nitrogen and oxygen atoms in total. The van der Waals surface area contributed by atoms with Crippen molar-refractivity contribution in [3.8, 4) is 5.75 Å². The standard InChI is InChI=1S/C21H25NO5S/c1-22(19-10-6-7-11-20(19)26-2)28(24,25)18-14-12-16(13-15-18)21(23)27-17-8-4-3-5-9-17/h6-7,10-15,17H,3-5,8-9H2,1-2H3. The highest BCUT2D eigenvalue weighted by Gasteiger charge is 2.24. The summed E-state index contributed by atoms with van der Waals surface area (Å²) in [6, 6.07) is 12.7. The van der Waals surface area contributed by atoms with Crippen molar-refractivity contribution in [3.63, 3.8) is 0 Å². The molecule has 0 unspecified atom stereocenters. The molecular formula is C21H25NO5S. The number of esters is 1. The molecule has 0 atom stereocenters. The van der Waals surface area contributed by atoms with E-state index in [2.05, 4.69) is 0 Å². The molecule has 28 heavy (non-hydrogen) atoms. The van der Waals surface area contributed by atoms with Gasteiger partial charge in [-0.25, -0.2) is 13.2 Å². The van der Waals surface area contributed by atoms with Gasteiger partial charge in [0, 0.05) is 7.05 Å². The van der Waals surface area contributed by atoms with Crippen LogP contribution in [0.1, 0.15) is 42.5 Å². The molecule has 0 aromatic heterocycles. The summed E-state index contributed by atoms with van der Waals surface area (Å²) in [6.45, 7) is 0. The molecule has 1 aliphatic rings. The van der Waals surface area contributed by atoms with E-state index in [0.29, 0.717) is 17.0 Å². The van der Waals surface area contributed by atoms with Gasteiger partial charge in [-0.1, -0.05) is 18.6 Å². The maximum Gasteiger partial charge on any atom is 0.338 e. The molecule has 2 aromatic rings. The zero-order chi connectivity index (χ0) is 20.1. The molecule has 0 amide bonds. The third-order valence-corrected chi connectivity index (χ3v) is 6.78. The summed E-state index contributed by atoms with van der Waals surface area (Å²) in [7, 11) is -0.830. The second-order valence-corrected chi connectivity index (χ2v) is 8.80. The second kappa shape index (κ2) is 8.65. The number of methoxy groups -OCH3 is 1. The highest BCUT2D eigenvalue weighted by atomic mass is 32.2. The van der Waals surface area contributed by atoms with Crippen LogP contribution in [-0.2, 0) is 14.8 Å². The minimum absolute atomic E-state index is 0.0404. The normalized spacial score (nSPS) is 15.1. The number of hydrogen-bond acceptors (Lipinski definition) is 5. The summed E-state index contributed by atoms with van der Waals surface area (Å²) in [5, 5.41) is 0. The number of para-hydroxylation sites is 2. The first kappa shape index (κ1) is 20.2. The van der Waals surface area contributed by atoms with Gasteiger partial charge in [0.2, 0.25) is 0 Å². The fraction of sp³-hybridized carbons (Fsp3) is 0.381. The van der Waals surface area contributed by atoms with Crippen LogP contribution < -0.4 is 9.04 Å². The Labute approximate surface area is 166 Å². The number of hydrogen-bond donors (Lipinski definition) is 0. The SMILES string of the molecule is COc1ccccc1N(C)S(=O)(=O)c1ccc(C(=O)OC2CCCCC2)cc1. The Morgan fingerprint density at radius 3 is 2.29 bits per heavy atom. The molecular weight excluding hydrogens is 378 g/mol. The van der Waals surface area contributed by atoms with Crippen molar-refractivity contribution in [3.05, 3.63) is 54.1 Å². The fourth-order valence-electron chi connectivity index (χ4n) is 3.34. The van der Waals surface area contributed by atoms with Crippen molar-refractivity contribution in [2.24, 2.45) is 0 Å². The van der Waals surface area contributed by atoms with Gasteiger partial charge in [-0.05, 0) is 62.1 Å². The summed E-state index contributed by atoms with van der Waals surface area (Å²) in [5.41, 5.74) is 0.787. The van der Waals surface area contributed by atoms with Crippen LogP contribution in [0, 0.1) is 0 Å². The average Bonchev–Trinajstić information content (AvgIpc) is 2.74. The number of benzene rings is 2. The van der Waals surface area contributed by atoms with Crippen LogP contribution in [0.25, 0.3) is 0 Å². The van der Waals surface area contributed by atoms with Crippen molar-refractivity contribution < 1.29 is 22.7 Å². The van der Waals surface area contributed by atoms with Crippen molar-refractivity contribution in [1.82, 2.24) is 0 Å². The first-order valence-corrected chi connectivity index (χ1v) is 10.8. The molecule has 1 saturated carbocycles. The van der Waals surface area contributed by atoms with E-state index in [-0.39, 0.29) is 11.0 Å². The number of sulfonamides is 1. The number of anilines is 1. The molecule has 2 aromatic carbocycles. The molecule has 0 aliphatic heterocycles. The third-order valence-electron chi connectivity index (χ3n) is 5.00. The van der Waals surface area contributed by atoms with E-state index in [1.54, 1.807) is 24.3 Å². The van der Waals surface area contributed by atoms with Gasteiger partial charge in [0.25, 0.3) is 10.0 Å². The Balaban J connectivity index is 1.76. The van der Waals surface area contributed by atoms with Crippen LogP contribution in [0.5, 0.6) is 5.75 Å². The van der Waals surface area contributed by atoms with Gasteiger partial charge in [-0.3, -0.25) is 4.31 Å². The van der Waals surface area contributed by atoms with Gasteiger partial charge in [0.1, 0.15) is 11.9 Å². The quantitative estimate of drug-likeness (QED) is 0.682. The molecule has 150 valence electrons. The van der Waals surface area contributed by atoms with Gasteiger partial charge in [-0.2, -0.15) is 0 Å². The fourth-order valence-corrected chi connectivity index (χ4v) is 4.55. The topological polar surface area (TPSA) is 72.9 Å². The summed E-state index contributed by atoms with van der Waals surface area (Å²) in [6.07, 6.45) is 5.07. The highest BCUT2D eigenvalue weighted by Crippen LogP contribution is 2.31. The molecule has 0 bridgehead atoms. The Kier molecular flexibility index (Phi) is 6.24. The Morgan fingerprint density at radius 1 is 1.00 bits per heavy atom. The molecule has 0 heterocycles. The monoisotopic (exact) mass is 403 g/mol. The largest absolute Gasteiger partial charge is 0.495 e. The third kappa shape index (κ3) is 4.30. The number of rotatable bonds is 6.